The van der Waals surface area contributed by atoms with Gasteiger partial charge in [-0.1, -0.05) is 35.5 Å². The van der Waals surface area contributed by atoms with Gasteiger partial charge in [-0.2, -0.15) is 0 Å². The molecule has 2 aromatic heterocycles. The molecule has 0 radical (unpaired) electrons. The van der Waals surface area contributed by atoms with Gasteiger partial charge in [-0.15, -0.1) is 11.3 Å². The minimum atomic E-state index is 0.0628. The van der Waals surface area contributed by atoms with E-state index in [0.717, 1.165) is 21.3 Å². The van der Waals surface area contributed by atoms with Crippen molar-refractivity contribution >= 4 is 40.6 Å². The van der Waals surface area contributed by atoms with E-state index in [1.165, 1.54) is 11.8 Å². The lowest BCUT2D eigenvalue weighted by atomic mass is 10.2. The molecule has 0 aliphatic carbocycles. The number of carbonyl (C=O) groups is 1. The highest BCUT2D eigenvalue weighted by atomic mass is 35.5. The lowest BCUT2D eigenvalue weighted by molar-refractivity contribution is -0.129. The predicted octanol–water partition coefficient (Wildman–Crippen LogP) is 4.66. The van der Waals surface area contributed by atoms with Crippen molar-refractivity contribution in [3.8, 4) is 5.69 Å². The summed E-state index contributed by atoms with van der Waals surface area (Å²) in [6, 6.07) is 9.82. The van der Waals surface area contributed by atoms with E-state index in [-0.39, 0.29) is 5.91 Å². The van der Waals surface area contributed by atoms with E-state index in [0.29, 0.717) is 30.5 Å². The molecule has 0 saturated carbocycles. The molecule has 2 heterocycles. The molecule has 0 unspecified atom stereocenters. The number of hydrogen-bond donors (Lipinski definition) is 0. The van der Waals surface area contributed by atoms with E-state index >= 15 is 0 Å². The van der Waals surface area contributed by atoms with Crippen LogP contribution in [0.5, 0.6) is 0 Å². The van der Waals surface area contributed by atoms with Gasteiger partial charge in [0.05, 0.1) is 24.6 Å². The summed E-state index contributed by atoms with van der Waals surface area (Å²) >= 11 is 9.33. The normalized spacial score (nSPS) is 11.0. The van der Waals surface area contributed by atoms with Crippen LogP contribution in [0.15, 0.2) is 53.3 Å². The van der Waals surface area contributed by atoms with Crippen LogP contribution in [0.3, 0.4) is 0 Å². The van der Waals surface area contributed by atoms with Gasteiger partial charge in [0.2, 0.25) is 5.91 Å². The summed E-state index contributed by atoms with van der Waals surface area (Å²) in [6.07, 6.45) is 3.63. The van der Waals surface area contributed by atoms with Crippen molar-refractivity contribution in [1.82, 2.24) is 14.5 Å². The first-order valence-corrected chi connectivity index (χ1v) is 11.0. The van der Waals surface area contributed by atoms with Crippen molar-refractivity contribution in [3.63, 3.8) is 0 Å². The van der Waals surface area contributed by atoms with Gasteiger partial charge in [0, 0.05) is 35.9 Å². The van der Waals surface area contributed by atoms with Gasteiger partial charge < -0.3 is 9.64 Å². The Morgan fingerprint density at radius 3 is 2.96 bits per heavy atom. The molecular formula is C20H22ClN3O2S2. The molecule has 8 heteroatoms. The van der Waals surface area contributed by atoms with Crippen LogP contribution in [-0.4, -0.2) is 46.4 Å². The van der Waals surface area contributed by atoms with Crippen molar-refractivity contribution in [2.45, 2.75) is 18.6 Å². The van der Waals surface area contributed by atoms with Gasteiger partial charge in [-0.05, 0) is 36.1 Å². The Kier molecular flexibility index (Phi) is 7.56. The number of rotatable bonds is 9. The number of halogens is 1. The molecule has 0 atom stereocenters. The zero-order chi connectivity index (χ0) is 19.9. The maximum Gasteiger partial charge on any atom is 0.233 e. The topological polar surface area (TPSA) is 47.4 Å². The number of carbonyl (C=O) groups excluding carboxylic acids is 1. The first kappa shape index (κ1) is 20.9. The maximum atomic E-state index is 12.8. The zero-order valence-electron chi connectivity index (χ0n) is 15.8. The zero-order valence-corrected chi connectivity index (χ0v) is 18.2. The second-order valence-electron chi connectivity index (χ2n) is 6.14. The first-order valence-electron chi connectivity index (χ1n) is 8.81. The molecule has 0 spiro atoms. The quantitative estimate of drug-likeness (QED) is 0.458. The van der Waals surface area contributed by atoms with Crippen LogP contribution in [0.1, 0.15) is 10.4 Å². The lowest BCUT2D eigenvalue weighted by Gasteiger charge is -2.21. The lowest BCUT2D eigenvalue weighted by Crippen LogP contribution is -2.34. The van der Waals surface area contributed by atoms with Crippen LogP contribution < -0.4 is 0 Å². The number of thiophene rings is 1. The molecule has 0 bridgehead atoms. The molecule has 0 saturated heterocycles. The summed E-state index contributed by atoms with van der Waals surface area (Å²) in [5.74, 6) is 0.374. The summed E-state index contributed by atoms with van der Waals surface area (Å²) in [4.78, 5) is 20.2. The molecule has 28 heavy (non-hydrogen) atoms. The highest BCUT2D eigenvalue weighted by Gasteiger charge is 2.17. The number of aromatic nitrogens is 2. The van der Waals surface area contributed by atoms with Crippen molar-refractivity contribution in [3.05, 3.63) is 63.6 Å². The maximum absolute atomic E-state index is 12.8. The number of methoxy groups -OCH3 is 1. The fourth-order valence-corrected chi connectivity index (χ4v) is 4.50. The molecule has 1 aromatic carbocycles. The van der Waals surface area contributed by atoms with Gasteiger partial charge in [0.25, 0.3) is 0 Å². The van der Waals surface area contributed by atoms with Crippen LogP contribution in [0.2, 0.25) is 5.02 Å². The summed E-state index contributed by atoms with van der Waals surface area (Å²) in [6.45, 7) is 3.65. The smallest absolute Gasteiger partial charge is 0.233 e. The van der Waals surface area contributed by atoms with E-state index in [1.54, 1.807) is 24.6 Å². The number of amides is 1. The van der Waals surface area contributed by atoms with Gasteiger partial charge in [-0.3, -0.25) is 9.36 Å². The Balaban J connectivity index is 1.69. The van der Waals surface area contributed by atoms with Crippen LogP contribution in [-0.2, 0) is 16.1 Å². The number of nitrogens with zero attached hydrogens (tertiary/aromatic N) is 3. The predicted molar refractivity (Wildman–Crippen MR) is 116 cm³/mol. The van der Waals surface area contributed by atoms with Crippen LogP contribution in [0, 0.1) is 6.92 Å². The van der Waals surface area contributed by atoms with Crippen molar-refractivity contribution in [1.29, 1.82) is 0 Å². The molecular weight excluding hydrogens is 414 g/mol. The molecule has 0 fully saturated rings. The Morgan fingerprint density at radius 1 is 1.36 bits per heavy atom. The average Bonchev–Trinajstić information content (AvgIpc) is 3.37. The van der Waals surface area contributed by atoms with E-state index in [9.17, 15) is 4.79 Å². The van der Waals surface area contributed by atoms with E-state index in [2.05, 4.69) is 4.98 Å². The minimum absolute atomic E-state index is 0.0628. The van der Waals surface area contributed by atoms with Crippen molar-refractivity contribution < 1.29 is 9.53 Å². The van der Waals surface area contributed by atoms with Gasteiger partial charge in [0.15, 0.2) is 5.16 Å². The number of ether oxygens (including phenoxy) is 1. The van der Waals surface area contributed by atoms with E-state index in [4.69, 9.17) is 16.3 Å². The largest absolute Gasteiger partial charge is 0.383 e. The summed E-state index contributed by atoms with van der Waals surface area (Å²) in [5.41, 5.74) is 1.95. The number of imidazole rings is 1. The summed E-state index contributed by atoms with van der Waals surface area (Å²) in [5, 5.41) is 3.49. The SMILES string of the molecule is COCCN(Cc1cccs1)C(=O)CSc1nccn1-c1cccc(Cl)c1C. The molecule has 3 rings (SSSR count). The number of hydrogen-bond acceptors (Lipinski definition) is 5. The standard InChI is InChI=1S/C20H22ClN3O2S2/c1-15-17(21)6-3-7-18(15)24-9-8-22-20(24)28-14-19(25)23(10-11-26-2)13-16-5-4-12-27-16/h3-9,12H,10-11,13-14H2,1-2H3. The second kappa shape index (κ2) is 10.1. The summed E-state index contributed by atoms with van der Waals surface area (Å²) in [7, 11) is 1.65. The molecule has 0 aliphatic heterocycles. The van der Waals surface area contributed by atoms with Gasteiger partial charge in [-0.25, -0.2) is 4.98 Å². The molecule has 5 nitrogen and oxygen atoms in total. The fourth-order valence-electron chi connectivity index (χ4n) is 2.74. The Bertz CT molecular complexity index is 912. The third-order valence-corrected chi connectivity index (χ3v) is 6.50. The number of benzene rings is 1. The monoisotopic (exact) mass is 435 g/mol. The minimum Gasteiger partial charge on any atom is -0.383 e. The third kappa shape index (κ3) is 5.17. The average molecular weight is 436 g/mol. The van der Waals surface area contributed by atoms with Crippen molar-refractivity contribution in [2.24, 2.45) is 0 Å². The molecule has 0 aliphatic rings. The summed E-state index contributed by atoms with van der Waals surface area (Å²) < 4.78 is 7.14. The third-order valence-electron chi connectivity index (χ3n) is 4.28. The second-order valence-corrected chi connectivity index (χ2v) is 8.52. The highest BCUT2D eigenvalue weighted by Crippen LogP contribution is 2.27. The fraction of sp³-hybridized carbons (Fsp3) is 0.300. The Morgan fingerprint density at radius 2 is 2.21 bits per heavy atom. The highest BCUT2D eigenvalue weighted by molar-refractivity contribution is 7.99. The Hall–Kier alpha value is -1.80. The van der Waals surface area contributed by atoms with Crippen LogP contribution in [0.25, 0.3) is 5.69 Å². The first-order chi connectivity index (χ1) is 13.6. The van der Waals surface area contributed by atoms with E-state index < -0.39 is 0 Å². The molecule has 3 aromatic rings. The Labute approximate surface area is 178 Å². The molecule has 1 amide bonds. The van der Waals surface area contributed by atoms with E-state index in [1.807, 2.05) is 58.3 Å². The van der Waals surface area contributed by atoms with Crippen LogP contribution >= 0.6 is 34.7 Å². The van der Waals surface area contributed by atoms with Crippen LogP contribution in [0.4, 0.5) is 0 Å². The molecule has 0 N–H and O–H groups in total. The van der Waals surface area contributed by atoms with Crippen molar-refractivity contribution in [2.75, 3.05) is 26.0 Å². The number of thioether (sulfide) groups is 1. The van der Waals surface area contributed by atoms with Gasteiger partial charge >= 0.3 is 0 Å². The van der Waals surface area contributed by atoms with Gasteiger partial charge in [0.1, 0.15) is 0 Å². The molecule has 148 valence electrons.